The molecule has 0 aromatic heterocycles. The minimum absolute atomic E-state index is 0.0248. The SMILES string of the molecule is O=C(NCCOc1ccc2ccccc2c1)C1CCN(S(=O)(=O)CCCc2ccccc2)CC1. The molecule has 0 unspecified atom stereocenters. The Balaban J connectivity index is 1.15. The largest absolute Gasteiger partial charge is 0.492 e. The second-order valence-electron chi connectivity index (χ2n) is 8.73. The molecule has 0 spiro atoms. The van der Waals surface area contributed by atoms with Gasteiger partial charge in [-0.25, -0.2) is 12.7 Å². The van der Waals surface area contributed by atoms with E-state index in [1.807, 2.05) is 66.7 Å². The van der Waals surface area contributed by atoms with Gasteiger partial charge in [0.15, 0.2) is 0 Å². The summed E-state index contributed by atoms with van der Waals surface area (Å²) >= 11 is 0. The first-order valence-electron chi connectivity index (χ1n) is 11.9. The number of nitrogens with one attached hydrogen (secondary N) is 1. The fourth-order valence-corrected chi connectivity index (χ4v) is 5.91. The number of nitrogens with zero attached hydrogens (tertiary/aromatic N) is 1. The Hall–Kier alpha value is -2.90. The molecule has 0 bridgehead atoms. The lowest BCUT2D eigenvalue weighted by Gasteiger charge is -2.30. The lowest BCUT2D eigenvalue weighted by atomic mass is 9.97. The van der Waals surface area contributed by atoms with Gasteiger partial charge in [-0.2, -0.15) is 0 Å². The van der Waals surface area contributed by atoms with Crippen molar-refractivity contribution in [3.63, 3.8) is 0 Å². The molecule has 1 saturated heterocycles. The number of aryl methyl sites for hydroxylation is 1. The topological polar surface area (TPSA) is 75.7 Å². The summed E-state index contributed by atoms with van der Waals surface area (Å²) in [5.41, 5.74) is 1.15. The first-order chi connectivity index (χ1) is 16.5. The quantitative estimate of drug-likeness (QED) is 0.445. The van der Waals surface area contributed by atoms with Gasteiger partial charge < -0.3 is 10.1 Å². The van der Waals surface area contributed by atoms with Crippen LogP contribution in [-0.4, -0.2) is 50.6 Å². The molecule has 1 aliphatic heterocycles. The van der Waals surface area contributed by atoms with Crippen LogP contribution in [0.1, 0.15) is 24.8 Å². The van der Waals surface area contributed by atoms with Crippen LogP contribution in [0.3, 0.4) is 0 Å². The van der Waals surface area contributed by atoms with Crippen LogP contribution in [0.5, 0.6) is 5.75 Å². The number of carbonyl (C=O) groups is 1. The predicted octanol–water partition coefficient (Wildman–Crippen LogP) is 4.01. The molecule has 0 saturated carbocycles. The maximum absolute atomic E-state index is 12.7. The Morgan fingerprint density at radius 2 is 1.65 bits per heavy atom. The molecule has 0 aliphatic carbocycles. The van der Waals surface area contributed by atoms with E-state index in [0.717, 1.165) is 28.5 Å². The Bertz CT molecular complexity index is 1190. The van der Waals surface area contributed by atoms with Crippen molar-refractivity contribution in [2.75, 3.05) is 32.0 Å². The average molecular weight is 481 g/mol. The summed E-state index contributed by atoms with van der Waals surface area (Å²) in [6.07, 6.45) is 2.45. The summed E-state index contributed by atoms with van der Waals surface area (Å²) in [4.78, 5) is 12.5. The summed E-state index contributed by atoms with van der Waals surface area (Å²) in [5.74, 6) is 0.739. The van der Waals surface area contributed by atoms with Gasteiger partial charge in [-0.15, -0.1) is 0 Å². The molecule has 1 amide bonds. The Morgan fingerprint density at radius 1 is 0.941 bits per heavy atom. The van der Waals surface area contributed by atoms with Crippen molar-refractivity contribution in [2.45, 2.75) is 25.7 Å². The lowest BCUT2D eigenvalue weighted by molar-refractivity contribution is -0.126. The van der Waals surface area contributed by atoms with Crippen LogP contribution < -0.4 is 10.1 Å². The summed E-state index contributed by atoms with van der Waals surface area (Å²) in [6, 6.07) is 24.0. The highest BCUT2D eigenvalue weighted by atomic mass is 32.2. The van der Waals surface area contributed by atoms with Crippen molar-refractivity contribution >= 4 is 26.7 Å². The van der Waals surface area contributed by atoms with Crippen LogP contribution in [0.2, 0.25) is 0 Å². The summed E-state index contributed by atoms with van der Waals surface area (Å²) in [5, 5.41) is 5.21. The fourth-order valence-electron chi connectivity index (χ4n) is 4.37. The van der Waals surface area contributed by atoms with E-state index in [4.69, 9.17) is 4.74 Å². The molecule has 0 atom stereocenters. The number of hydrogen-bond acceptors (Lipinski definition) is 4. The van der Waals surface area contributed by atoms with E-state index in [-0.39, 0.29) is 17.6 Å². The Kier molecular flexibility index (Phi) is 8.19. The molecule has 180 valence electrons. The van der Waals surface area contributed by atoms with Gasteiger partial charge in [-0.05, 0) is 54.2 Å². The van der Waals surface area contributed by atoms with Crippen LogP contribution in [-0.2, 0) is 21.2 Å². The highest BCUT2D eigenvalue weighted by Gasteiger charge is 2.30. The number of piperidine rings is 1. The Labute approximate surface area is 202 Å². The maximum Gasteiger partial charge on any atom is 0.223 e. The number of carbonyl (C=O) groups excluding carboxylic acids is 1. The predicted molar refractivity (Wildman–Crippen MR) is 135 cm³/mol. The van der Waals surface area contributed by atoms with Gasteiger partial charge >= 0.3 is 0 Å². The molecule has 1 N–H and O–H groups in total. The minimum Gasteiger partial charge on any atom is -0.492 e. The van der Waals surface area contributed by atoms with Gasteiger partial charge in [0.2, 0.25) is 15.9 Å². The van der Waals surface area contributed by atoms with Crippen molar-refractivity contribution in [3.8, 4) is 5.75 Å². The van der Waals surface area contributed by atoms with Gasteiger partial charge in [-0.1, -0.05) is 60.7 Å². The molecule has 6 nitrogen and oxygen atoms in total. The number of amides is 1. The highest BCUT2D eigenvalue weighted by Crippen LogP contribution is 2.22. The third-order valence-electron chi connectivity index (χ3n) is 6.32. The molecule has 34 heavy (non-hydrogen) atoms. The molecular weight excluding hydrogens is 448 g/mol. The Morgan fingerprint density at radius 3 is 2.41 bits per heavy atom. The fraction of sp³-hybridized carbons (Fsp3) is 0.370. The first-order valence-corrected chi connectivity index (χ1v) is 13.5. The van der Waals surface area contributed by atoms with E-state index >= 15 is 0 Å². The zero-order valence-electron chi connectivity index (χ0n) is 19.4. The number of ether oxygens (including phenoxy) is 1. The third-order valence-corrected chi connectivity index (χ3v) is 8.28. The van der Waals surface area contributed by atoms with Gasteiger partial charge in [-0.3, -0.25) is 4.79 Å². The molecule has 1 aliphatic rings. The third kappa shape index (κ3) is 6.58. The molecule has 1 fully saturated rings. The van der Waals surface area contributed by atoms with Crippen molar-refractivity contribution in [2.24, 2.45) is 5.92 Å². The second kappa shape index (κ2) is 11.5. The number of sulfonamides is 1. The molecule has 7 heteroatoms. The van der Waals surface area contributed by atoms with E-state index in [1.54, 1.807) is 4.31 Å². The van der Waals surface area contributed by atoms with Crippen molar-refractivity contribution < 1.29 is 17.9 Å². The van der Waals surface area contributed by atoms with Crippen LogP contribution >= 0.6 is 0 Å². The first kappa shape index (κ1) is 24.2. The van der Waals surface area contributed by atoms with E-state index in [0.29, 0.717) is 45.5 Å². The molecule has 3 aromatic rings. The van der Waals surface area contributed by atoms with E-state index in [1.165, 1.54) is 0 Å². The number of fused-ring (bicyclic) bond motifs is 1. The van der Waals surface area contributed by atoms with Gasteiger partial charge in [0, 0.05) is 19.0 Å². The molecule has 4 rings (SSSR count). The van der Waals surface area contributed by atoms with Crippen molar-refractivity contribution in [3.05, 3.63) is 78.4 Å². The van der Waals surface area contributed by atoms with Crippen molar-refractivity contribution in [1.29, 1.82) is 0 Å². The standard InChI is InChI=1S/C27H32N2O4S/c30-27(28-16-19-33-26-13-12-23-10-4-5-11-25(23)21-26)24-14-17-29(18-15-24)34(31,32)20-6-9-22-7-2-1-3-8-22/h1-5,7-8,10-13,21,24H,6,9,14-20H2,(H,28,30). The highest BCUT2D eigenvalue weighted by molar-refractivity contribution is 7.89. The van der Waals surface area contributed by atoms with E-state index in [2.05, 4.69) is 11.4 Å². The molecule has 0 radical (unpaired) electrons. The van der Waals surface area contributed by atoms with E-state index in [9.17, 15) is 13.2 Å². The monoisotopic (exact) mass is 480 g/mol. The van der Waals surface area contributed by atoms with Gasteiger partial charge in [0.1, 0.15) is 12.4 Å². The number of benzene rings is 3. The zero-order valence-corrected chi connectivity index (χ0v) is 20.2. The van der Waals surface area contributed by atoms with Crippen LogP contribution in [0.15, 0.2) is 72.8 Å². The maximum atomic E-state index is 12.7. The van der Waals surface area contributed by atoms with Gasteiger partial charge in [0.25, 0.3) is 0 Å². The molecule has 3 aromatic carbocycles. The zero-order chi connectivity index (χ0) is 23.8. The summed E-state index contributed by atoms with van der Waals surface area (Å²) in [7, 11) is -3.29. The number of hydrogen-bond donors (Lipinski definition) is 1. The molecule has 1 heterocycles. The second-order valence-corrected chi connectivity index (χ2v) is 10.8. The lowest BCUT2D eigenvalue weighted by Crippen LogP contribution is -2.44. The van der Waals surface area contributed by atoms with Crippen LogP contribution in [0, 0.1) is 5.92 Å². The number of rotatable bonds is 10. The van der Waals surface area contributed by atoms with Crippen LogP contribution in [0.4, 0.5) is 0 Å². The van der Waals surface area contributed by atoms with Gasteiger partial charge in [0.05, 0.1) is 12.3 Å². The van der Waals surface area contributed by atoms with Crippen LogP contribution in [0.25, 0.3) is 10.8 Å². The smallest absolute Gasteiger partial charge is 0.223 e. The summed E-state index contributed by atoms with van der Waals surface area (Å²) < 4.78 is 32.7. The van der Waals surface area contributed by atoms with E-state index < -0.39 is 10.0 Å². The summed E-state index contributed by atoms with van der Waals surface area (Å²) in [6.45, 7) is 1.61. The average Bonchev–Trinajstić information content (AvgIpc) is 2.87. The molecular formula is C27H32N2O4S. The van der Waals surface area contributed by atoms with Crippen molar-refractivity contribution in [1.82, 2.24) is 9.62 Å². The minimum atomic E-state index is -3.29. The normalized spacial score (nSPS) is 15.3.